The molecule has 0 aliphatic rings. The zero-order chi connectivity index (χ0) is 13.8. The van der Waals surface area contributed by atoms with Gasteiger partial charge in [-0.15, -0.1) is 11.3 Å². The first-order valence-corrected chi connectivity index (χ1v) is 7.24. The van der Waals surface area contributed by atoms with Crippen molar-refractivity contribution in [1.29, 1.82) is 0 Å². The molecule has 104 valence electrons. The van der Waals surface area contributed by atoms with E-state index in [4.69, 9.17) is 5.11 Å². The molecule has 19 heavy (non-hydrogen) atoms. The first-order valence-electron chi connectivity index (χ1n) is 6.43. The van der Waals surface area contributed by atoms with Crippen LogP contribution in [-0.4, -0.2) is 40.8 Å². The Labute approximate surface area is 117 Å². The Hall–Kier alpha value is -1.24. The molecule has 2 aromatic rings. The molecule has 0 fully saturated rings. The van der Waals surface area contributed by atoms with Crippen LogP contribution in [0.15, 0.2) is 6.33 Å². The molecule has 3 N–H and O–H groups in total. The molecule has 0 saturated heterocycles. The van der Waals surface area contributed by atoms with Gasteiger partial charge in [0.25, 0.3) is 0 Å². The van der Waals surface area contributed by atoms with Gasteiger partial charge in [-0.2, -0.15) is 0 Å². The first kappa shape index (κ1) is 14.2. The molecule has 2 rings (SSSR count). The molecule has 0 amide bonds. The highest BCUT2D eigenvalue weighted by molar-refractivity contribution is 7.18. The molecule has 0 saturated carbocycles. The highest BCUT2D eigenvalue weighted by Crippen LogP contribution is 2.32. The van der Waals surface area contributed by atoms with Gasteiger partial charge in [-0.3, -0.25) is 0 Å². The zero-order valence-electron chi connectivity index (χ0n) is 11.5. The summed E-state index contributed by atoms with van der Waals surface area (Å²) < 4.78 is 0. The van der Waals surface area contributed by atoms with E-state index in [1.54, 1.807) is 24.6 Å². The van der Waals surface area contributed by atoms with Crippen molar-refractivity contribution < 1.29 is 5.11 Å². The molecule has 0 spiro atoms. The lowest BCUT2D eigenvalue weighted by molar-refractivity contribution is 0.192. The van der Waals surface area contributed by atoms with Crippen LogP contribution >= 0.6 is 11.3 Å². The summed E-state index contributed by atoms with van der Waals surface area (Å²) in [5, 5.41) is 16.8. The largest absolute Gasteiger partial charge is 0.392 e. The van der Waals surface area contributed by atoms with Crippen LogP contribution in [0, 0.1) is 13.8 Å². The summed E-state index contributed by atoms with van der Waals surface area (Å²) in [7, 11) is 0. The minimum absolute atomic E-state index is 0.312. The van der Waals surface area contributed by atoms with E-state index in [9.17, 15) is 0 Å². The van der Waals surface area contributed by atoms with Crippen LogP contribution < -0.4 is 10.6 Å². The van der Waals surface area contributed by atoms with Crippen molar-refractivity contribution >= 4 is 27.4 Å². The van der Waals surface area contributed by atoms with Gasteiger partial charge in [-0.1, -0.05) is 0 Å². The van der Waals surface area contributed by atoms with E-state index in [-0.39, 0.29) is 6.10 Å². The number of aromatic nitrogens is 2. The van der Waals surface area contributed by atoms with Crippen molar-refractivity contribution in [2.24, 2.45) is 0 Å². The maximum atomic E-state index is 9.15. The third-order valence-electron chi connectivity index (χ3n) is 3.00. The molecule has 2 heterocycles. The maximum Gasteiger partial charge on any atom is 0.138 e. The molecular weight excluding hydrogens is 260 g/mol. The van der Waals surface area contributed by atoms with E-state index in [2.05, 4.69) is 34.4 Å². The number of thiophene rings is 1. The third-order valence-corrected chi connectivity index (χ3v) is 4.11. The molecule has 1 unspecified atom stereocenters. The van der Waals surface area contributed by atoms with E-state index < -0.39 is 0 Å². The minimum Gasteiger partial charge on any atom is -0.392 e. The summed E-state index contributed by atoms with van der Waals surface area (Å²) in [5.41, 5.74) is 1.25. The number of nitrogens with one attached hydrogen (secondary N) is 2. The van der Waals surface area contributed by atoms with Crippen LogP contribution in [0.2, 0.25) is 0 Å². The maximum absolute atomic E-state index is 9.15. The summed E-state index contributed by atoms with van der Waals surface area (Å²) in [4.78, 5) is 10.9. The number of aliphatic hydroxyl groups excluding tert-OH is 1. The molecule has 6 heteroatoms. The monoisotopic (exact) mass is 280 g/mol. The Bertz CT molecular complexity index is 553. The van der Waals surface area contributed by atoms with E-state index in [0.29, 0.717) is 6.54 Å². The van der Waals surface area contributed by atoms with Crippen molar-refractivity contribution in [2.45, 2.75) is 26.9 Å². The zero-order valence-corrected chi connectivity index (χ0v) is 12.3. The summed E-state index contributed by atoms with van der Waals surface area (Å²) in [6.07, 6.45) is 1.29. The SMILES string of the molecule is Cc1sc2ncnc(NCCNCC(C)O)c2c1C. The van der Waals surface area contributed by atoms with Crippen LogP contribution in [0.25, 0.3) is 10.2 Å². The number of nitrogens with zero attached hydrogens (tertiary/aromatic N) is 2. The number of rotatable bonds is 6. The molecule has 0 aliphatic carbocycles. The van der Waals surface area contributed by atoms with Crippen LogP contribution in [0.1, 0.15) is 17.4 Å². The lowest BCUT2D eigenvalue weighted by Crippen LogP contribution is -2.29. The number of aryl methyl sites for hydroxylation is 2. The Morgan fingerprint density at radius 1 is 1.32 bits per heavy atom. The number of hydrogen-bond acceptors (Lipinski definition) is 6. The average Bonchev–Trinajstić information content (AvgIpc) is 2.65. The number of hydrogen-bond donors (Lipinski definition) is 3. The second-order valence-corrected chi connectivity index (χ2v) is 5.87. The van der Waals surface area contributed by atoms with Gasteiger partial charge in [0.05, 0.1) is 11.5 Å². The van der Waals surface area contributed by atoms with E-state index in [1.807, 2.05) is 0 Å². The Morgan fingerprint density at radius 3 is 2.84 bits per heavy atom. The van der Waals surface area contributed by atoms with Crippen molar-refractivity contribution in [1.82, 2.24) is 15.3 Å². The second-order valence-electron chi connectivity index (χ2n) is 4.67. The van der Waals surface area contributed by atoms with Crippen LogP contribution in [0.5, 0.6) is 0 Å². The molecule has 1 atom stereocenters. The van der Waals surface area contributed by atoms with Gasteiger partial charge in [-0.25, -0.2) is 9.97 Å². The van der Waals surface area contributed by atoms with Gasteiger partial charge in [0.15, 0.2) is 0 Å². The van der Waals surface area contributed by atoms with Crippen molar-refractivity contribution in [2.75, 3.05) is 25.0 Å². The van der Waals surface area contributed by atoms with Crippen LogP contribution in [-0.2, 0) is 0 Å². The number of anilines is 1. The normalized spacial score (nSPS) is 12.8. The van der Waals surface area contributed by atoms with E-state index in [1.165, 1.54) is 10.4 Å². The van der Waals surface area contributed by atoms with Crippen LogP contribution in [0.3, 0.4) is 0 Å². The van der Waals surface area contributed by atoms with Gasteiger partial charge in [-0.05, 0) is 26.3 Å². The number of aliphatic hydroxyl groups is 1. The summed E-state index contributed by atoms with van der Waals surface area (Å²) >= 11 is 1.70. The average molecular weight is 280 g/mol. The first-order chi connectivity index (χ1) is 9.09. The molecule has 0 aliphatic heterocycles. The van der Waals surface area contributed by atoms with Gasteiger partial charge in [0, 0.05) is 24.5 Å². The summed E-state index contributed by atoms with van der Waals surface area (Å²) in [6, 6.07) is 0. The van der Waals surface area contributed by atoms with Gasteiger partial charge >= 0.3 is 0 Å². The molecule has 0 bridgehead atoms. The highest BCUT2D eigenvalue weighted by Gasteiger charge is 2.11. The van der Waals surface area contributed by atoms with Crippen LogP contribution in [0.4, 0.5) is 5.82 Å². The van der Waals surface area contributed by atoms with Gasteiger partial charge in [0.2, 0.25) is 0 Å². The topological polar surface area (TPSA) is 70.1 Å². The molecular formula is C13H20N4OS. The third kappa shape index (κ3) is 3.40. The quantitative estimate of drug-likeness (QED) is 0.703. The molecule has 0 radical (unpaired) electrons. The predicted octanol–water partition coefficient (Wildman–Crippen LogP) is 1.69. The van der Waals surface area contributed by atoms with Crippen molar-refractivity contribution in [3.8, 4) is 0 Å². The fourth-order valence-electron chi connectivity index (χ4n) is 1.90. The summed E-state index contributed by atoms with van der Waals surface area (Å²) in [5.74, 6) is 0.894. The summed E-state index contributed by atoms with van der Waals surface area (Å²) in [6.45, 7) is 8.15. The predicted molar refractivity (Wildman–Crippen MR) is 79.9 cm³/mol. The number of fused-ring (bicyclic) bond motifs is 1. The fourth-order valence-corrected chi connectivity index (χ4v) is 2.89. The Balaban J connectivity index is 2.01. The van der Waals surface area contributed by atoms with Crippen molar-refractivity contribution in [3.63, 3.8) is 0 Å². The van der Waals surface area contributed by atoms with E-state index >= 15 is 0 Å². The Kier molecular flexibility index (Phi) is 4.68. The van der Waals surface area contributed by atoms with E-state index in [0.717, 1.165) is 29.1 Å². The standard InChI is InChI=1S/C13H20N4OS/c1-8(18)6-14-4-5-15-12-11-9(2)10(3)19-13(11)17-7-16-12/h7-8,14,18H,4-6H2,1-3H3,(H,15,16,17). The van der Waals surface area contributed by atoms with Gasteiger partial charge < -0.3 is 15.7 Å². The smallest absolute Gasteiger partial charge is 0.138 e. The molecule has 5 nitrogen and oxygen atoms in total. The second kappa shape index (κ2) is 6.27. The highest BCUT2D eigenvalue weighted by atomic mass is 32.1. The van der Waals surface area contributed by atoms with Gasteiger partial charge in [0.1, 0.15) is 17.0 Å². The molecule has 0 aromatic carbocycles. The lowest BCUT2D eigenvalue weighted by Gasteiger charge is -2.09. The Morgan fingerprint density at radius 2 is 2.11 bits per heavy atom. The van der Waals surface area contributed by atoms with Crippen molar-refractivity contribution in [3.05, 3.63) is 16.8 Å². The lowest BCUT2D eigenvalue weighted by atomic mass is 10.2. The molecule has 2 aromatic heterocycles. The fraction of sp³-hybridized carbons (Fsp3) is 0.538. The minimum atomic E-state index is -0.312.